The lowest BCUT2D eigenvalue weighted by atomic mass is 10.1. The van der Waals surface area contributed by atoms with Crippen LogP contribution < -0.4 is 5.32 Å². The molecule has 0 spiro atoms. The molecule has 0 bridgehead atoms. The van der Waals surface area contributed by atoms with Gasteiger partial charge in [0.2, 0.25) is 0 Å². The summed E-state index contributed by atoms with van der Waals surface area (Å²) in [6.45, 7) is 5.78. The van der Waals surface area contributed by atoms with E-state index < -0.39 is 0 Å². The normalized spacial score (nSPS) is 11.7. The van der Waals surface area contributed by atoms with Gasteiger partial charge in [0.05, 0.1) is 11.7 Å². The summed E-state index contributed by atoms with van der Waals surface area (Å²) in [5, 5.41) is 20.7. The molecule has 0 fully saturated rings. The van der Waals surface area contributed by atoms with E-state index >= 15 is 0 Å². The fourth-order valence-corrected chi connectivity index (χ4v) is 1.88. The SMILES string of the molecule is Cc1nnc(NC(C)c2ccccc2)c(C#N)c1C. The molecule has 1 aromatic heterocycles. The summed E-state index contributed by atoms with van der Waals surface area (Å²) in [5.74, 6) is 0.543. The predicted octanol–water partition coefficient (Wildman–Crippen LogP) is 3.14. The molecule has 19 heavy (non-hydrogen) atoms. The molecule has 0 aliphatic rings. The molecule has 0 radical (unpaired) electrons. The molecule has 1 N–H and O–H groups in total. The molecule has 96 valence electrons. The Balaban J connectivity index is 2.30. The smallest absolute Gasteiger partial charge is 0.167 e. The van der Waals surface area contributed by atoms with Gasteiger partial charge in [-0.05, 0) is 31.9 Å². The third-order valence-corrected chi connectivity index (χ3v) is 3.22. The zero-order valence-electron chi connectivity index (χ0n) is 11.3. The van der Waals surface area contributed by atoms with Gasteiger partial charge in [-0.3, -0.25) is 0 Å². The van der Waals surface area contributed by atoms with Crippen LogP contribution in [0.3, 0.4) is 0 Å². The maximum Gasteiger partial charge on any atom is 0.167 e. The molecule has 4 nitrogen and oxygen atoms in total. The minimum atomic E-state index is 0.0738. The van der Waals surface area contributed by atoms with Crippen LogP contribution in [0, 0.1) is 25.2 Å². The van der Waals surface area contributed by atoms with Crippen molar-refractivity contribution in [3.8, 4) is 6.07 Å². The van der Waals surface area contributed by atoms with Crippen molar-refractivity contribution in [1.82, 2.24) is 10.2 Å². The van der Waals surface area contributed by atoms with Crippen LogP contribution in [0.15, 0.2) is 30.3 Å². The van der Waals surface area contributed by atoms with E-state index in [1.807, 2.05) is 51.1 Å². The van der Waals surface area contributed by atoms with Crippen molar-refractivity contribution in [3.05, 3.63) is 52.7 Å². The molecule has 1 atom stereocenters. The van der Waals surface area contributed by atoms with Gasteiger partial charge < -0.3 is 5.32 Å². The van der Waals surface area contributed by atoms with Gasteiger partial charge in [-0.1, -0.05) is 30.3 Å². The van der Waals surface area contributed by atoms with E-state index in [2.05, 4.69) is 21.6 Å². The molecule has 0 aliphatic heterocycles. The van der Waals surface area contributed by atoms with Crippen molar-refractivity contribution < 1.29 is 0 Å². The molecular weight excluding hydrogens is 236 g/mol. The first-order chi connectivity index (χ1) is 9.13. The van der Waals surface area contributed by atoms with Crippen LogP contribution in [0.2, 0.25) is 0 Å². The monoisotopic (exact) mass is 252 g/mol. The van der Waals surface area contributed by atoms with Gasteiger partial charge in [0.1, 0.15) is 11.6 Å². The molecule has 0 aliphatic carbocycles. The van der Waals surface area contributed by atoms with E-state index in [4.69, 9.17) is 0 Å². The van der Waals surface area contributed by atoms with Crippen LogP contribution in [-0.2, 0) is 0 Å². The lowest BCUT2D eigenvalue weighted by Gasteiger charge is -2.16. The van der Waals surface area contributed by atoms with Crippen molar-refractivity contribution in [2.24, 2.45) is 0 Å². The van der Waals surface area contributed by atoms with Gasteiger partial charge >= 0.3 is 0 Å². The van der Waals surface area contributed by atoms with Crippen molar-refractivity contribution in [2.75, 3.05) is 5.32 Å². The second kappa shape index (κ2) is 5.49. The van der Waals surface area contributed by atoms with E-state index in [1.165, 1.54) is 0 Å². The van der Waals surface area contributed by atoms with Crippen molar-refractivity contribution in [2.45, 2.75) is 26.8 Å². The van der Waals surface area contributed by atoms with E-state index in [-0.39, 0.29) is 6.04 Å². The number of anilines is 1. The fourth-order valence-electron chi connectivity index (χ4n) is 1.88. The van der Waals surface area contributed by atoms with Gasteiger partial charge in [-0.2, -0.15) is 10.4 Å². The molecule has 2 aromatic rings. The Morgan fingerprint density at radius 2 is 1.84 bits per heavy atom. The Kier molecular flexibility index (Phi) is 3.76. The highest BCUT2D eigenvalue weighted by Crippen LogP contribution is 2.22. The fraction of sp³-hybridized carbons (Fsp3) is 0.267. The first-order valence-corrected chi connectivity index (χ1v) is 6.19. The highest BCUT2D eigenvalue weighted by molar-refractivity contribution is 5.56. The molecule has 0 saturated carbocycles. The summed E-state index contributed by atoms with van der Waals surface area (Å²) in [4.78, 5) is 0. The van der Waals surface area contributed by atoms with E-state index in [1.54, 1.807) is 0 Å². The quantitative estimate of drug-likeness (QED) is 0.911. The molecule has 0 amide bonds. The molecule has 1 aromatic carbocycles. The van der Waals surface area contributed by atoms with Gasteiger partial charge in [0.15, 0.2) is 5.82 Å². The third kappa shape index (κ3) is 2.71. The highest BCUT2D eigenvalue weighted by atomic mass is 15.2. The Labute approximate surface area is 113 Å². The number of nitrogens with one attached hydrogen (secondary N) is 1. The summed E-state index contributed by atoms with van der Waals surface area (Å²) in [5.41, 5.74) is 3.37. The second-order valence-corrected chi connectivity index (χ2v) is 4.52. The van der Waals surface area contributed by atoms with Crippen molar-refractivity contribution >= 4 is 5.82 Å². The summed E-state index contributed by atoms with van der Waals surface area (Å²) in [6.07, 6.45) is 0. The average Bonchev–Trinajstić information content (AvgIpc) is 2.44. The summed E-state index contributed by atoms with van der Waals surface area (Å²) < 4.78 is 0. The molecule has 1 unspecified atom stereocenters. The standard InChI is InChI=1S/C15H16N4/c1-10-11(2)18-19-15(14(10)9-16)17-12(3)13-7-5-4-6-8-13/h4-8,12H,1-3H3,(H,17,19). The Bertz CT molecular complexity index is 614. The zero-order chi connectivity index (χ0) is 13.8. The van der Waals surface area contributed by atoms with E-state index in [0.29, 0.717) is 11.4 Å². The van der Waals surface area contributed by atoms with Gasteiger partial charge in [-0.15, -0.1) is 5.10 Å². The van der Waals surface area contributed by atoms with Crippen LogP contribution in [-0.4, -0.2) is 10.2 Å². The number of nitriles is 1. The number of hydrogen-bond donors (Lipinski definition) is 1. The van der Waals surface area contributed by atoms with Crippen molar-refractivity contribution in [1.29, 1.82) is 5.26 Å². The number of aryl methyl sites for hydroxylation is 1. The van der Waals surface area contributed by atoms with E-state index in [9.17, 15) is 5.26 Å². The number of aromatic nitrogens is 2. The van der Waals surface area contributed by atoms with Crippen LogP contribution >= 0.6 is 0 Å². The first kappa shape index (κ1) is 13.0. The second-order valence-electron chi connectivity index (χ2n) is 4.52. The van der Waals surface area contributed by atoms with Crippen molar-refractivity contribution in [3.63, 3.8) is 0 Å². The molecular formula is C15H16N4. The Morgan fingerprint density at radius 1 is 1.16 bits per heavy atom. The van der Waals surface area contributed by atoms with Gasteiger partial charge in [-0.25, -0.2) is 0 Å². The third-order valence-electron chi connectivity index (χ3n) is 3.22. The van der Waals surface area contributed by atoms with Gasteiger partial charge in [0.25, 0.3) is 0 Å². The maximum absolute atomic E-state index is 9.25. The van der Waals surface area contributed by atoms with Crippen LogP contribution in [0.5, 0.6) is 0 Å². The Hall–Kier alpha value is -2.41. The van der Waals surface area contributed by atoms with Crippen LogP contribution in [0.25, 0.3) is 0 Å². The number of nitrogens with zero attached hydrogens (tertiary/aromatic N) is 3. The number of rotatable bonds is 3. The van der Waals surface area contributed by atoms with Crippen LogP contribution in [0.1, 0.15) is 35.3 Å². The zero-order valence-corrected chi connectivity index (χ0v) is 11.3. The van der Waals surface area contributed by atoms with Crippen LogP contribution in [0.4, 0.5) is 5.82 Å². The van der Waals surface area contributed by atoms with E-state index in [0.717, 1.165) is 16.8 Å². The highest BCUT2D eigenvalue weighted by Gasteiger charge is 2.13. The summed E-state index contributed by atoms with van der Waals surface area (Å²) in [7, 11) is 0. The Morgan fingerprint density at radius 3 is 2.47 bits per heavy atom. The number of benzene rings is 1. The number of hydrogen-bond acceptors (Lipinski definition) is 4. The lowest BCUT2D eigenvalue weighted by molar-refractivity contribution is 0.849. The lowest BCUT2D eigenvalue weighted by Crippen LogP contribution is -2.11. The molecule has 4 heteroatoms. The predicted molar refractivity (Wildman–Crippen MR) is 74.7 cm³/mol. The minimum absolute atomic E-state index is 0.0738. The largest absolute Gasteiger partial charge is 0.361 e. The molecule has 2 rings (SSSR count). The molecule has 1 heterocycles. The summed E-state index contributed by atoms with van der Waals surface area (Å²) in [6, 6.07) is 12.3. The topological polar surface area (TPSA) is 61.6 Å². The van der Waals surface area contributed by atoms with Gasteiger partial charge in [0, 0.05) is 0 Å². The molecule has 0 saturated heterocycles. The average molecular weight is 252 g/mol. The first-order valence-electron chi connectivity index (χ1n) is 6.19. The maximum atomic E-state index is 9.25. The minimum Gasteiger partial charge on any atom is -0.361 e. The summed E-state index contributed by atoms with van der Waals surface area (Å²) >= 11 is 0.